The molecule has 0 amide bonds. The Bertz CT molecular complexity index is 872. The van der Waals surface area contributed by atoms with E-state index in [2.05, 4.69) is 14.7 Å². The molecule has 5 nitrogen and oxygen atoms in total. The number of methoxy groups -OCH3 is 1. The molecule has 3 rings (SSSR count). The van der Waals surface area contributed by atoms with Crippen molar-refractivity contribution in [2.45, 2.75) is 18.8 Å². The van der Waals surface area contributed by atoms with Gasteiger partial charge < -0.3 is 4.74 Å². The number of esters is 1. The molecule has 2 aliphatic heterocycles. The maximum Gasteiger partial charge on any atom is 0.445 e. The van der Waals surface area contributed by atoms with Gasteiger partial charge in [-0.15, -0.1) is 0 Å². The topological polar surface area (TPSA) is 54.3 Å². The van der Waals surface area contributed by atoms with Gasteiger partial charge >= 0.3 is 17.8 Å². The molecule has 26 heavy (non-hydrogen) atoms. The number of alkyl halides is 3. The lowest BCUT2D eigenvalue weighted by molar-refractivity contribution is -0.202. The summed E-state index contributed by atoms with van der Waals surface area (Å²) in [7, 11) is 0.862. The van der Waals surface area contributed by atoms with Gasteiger partial charge in [-0.1, -0.05) is 17.7 Å². The number of amidine groups is 2. The van der Waals surface area contributed by atoms with E-state index in [0.29, 0.717) is 10.6 Å². The van der Waals surface area contributed by atoms with Gasteiger partial charge in [-0.25, -0.2) is 14.8 Å². The van der Waals surface area contributed by atoms with E-state index in [0.717, 1.165) is 12.7 Å². The number of nitrogens with zero attached hydrogens (tertiary/aromatic N) is 3. The summed E-state index contributed by atoms with van der Waals surface area (Å²) in [6, 6.07) is 6.08. The Hall–Kier alpha value is -2.61. The molecule has 0 radical (unpaired) electrons. The molecule has 0 saturated carbocycles. The number of carbonyl (C=O) groups is 1. The van der Waals surface area contributed by atoms with Crippen LogP contribution in [0, 0.1) is 0 Å². The smallest absolute Gasteiger partial charge is 0.445 e. The van der Waals surface area contributed by atoms with Gasteiger partial charge in [0, 0.05) is 16.8 Å². The van der Waals surface area contributed by atoms with Crippen molar-refractivity contribution < 1.29 is 22.7 Å². The van der Waals surface area contributed by atoms with Crippen LogP contribution in [-0.4, -0.2) is 41.5 Å². The van der Waals surface area contributed by atoms with E-state index in [1.165, 1.54) is 35.2 Å². The summed E-state index contributed by atoms with van der Waals surface area (Å²) >= 11 is 5.86. The number of hydrogen-bond donors (Lipinski definition) is 0. The zero-order valence-corrected chi connectivity index (χ0v) is 14.5. The summed E-state index contributed by atoms with van der Waals surface area (Å²) in [6.07, 6.45) is -0.507. The second-order valence-electron chi connectivity index (χ2n) is 5.65. The monoisotopic (exact) mass is 383 g/mol. The molecule has 0 N–H and O–H groups in total. The van der Waals surface area contributed by atoms with Gasteiger partial charge in [0.05, 0.1) is 7.11 Å². The quantitative estimate of drug-likeness (QED) is 0.732. The Labute approximate surface area is 152 Å². The number of hydrogen-bond acceptors (Lipinski definition) is 5. The van der Waals surface area contributed by atoms with E-state index in [9.17, 15) is 18.0 Å². The highest BCUT2D eigenvalue weighted by atomic mass is 35.5. The van der Waals surface area contributed by atoms with E-state index in [1.54, 1.807) is 19.2 Å². The first-order valence-electron chi connectivity index (χ1n) is 7.44. The fourth-order valence-corrected chi connectivity index (χ4v) is 2.66. The van der Waals surface area contributed by atoms with Crippen molar-refractivity contribution >= 4 is 29.2 Å². The third-order valence-electron chi connectivity index (χ3n) is 3.81. The number of aliphatic imine (C=N–C) groups is 2. The lowest BCUT2D eigenvalue weighted by Gasteiger charge is -2.36. The average molecular weight is 384 g/mol. The lowest BCUT2D eigenvalue weighted by Crippen LogP contribution is -2.55. The van der Waals surface area contributed by atoms with Crippen molar-refractivity contribution in [3.8, 4) is 0 Å². The first kappa shape index (κ1) is 18.2. The zero-order valence-electron chi connectivity index (χ0n) is 13.7. The van der Waals surface area contributed by atoms with Crippen LogP contribution in [0.3, 0.4) is 0 Å². The summed E-state index contributed by atoms with van der Waals surface area (Å²) in [5.41, 5.74) is -2.24. The second kappa shape index (κ2) is 6.28. The molecule has 1 unspecified atom stereocenters. The Kier molecular flexibility index (Phi) is 4.39. The molecule has 0 spiro atoms. The summed E-state index contributed by atoms with van der Waals surface area (Å²) in [4.78, 5) is 20.8. The van der Waals surface area contributed by atoms with Gasteiger partial charge in [0.25, 0.3) is 0 Å². The van der Waals surface area contributed by atoms with Crippen LogP contribution in [0.1, 0.15) is 12.5 Å². The van der Waals surface area contributed by atoms with Crippen LogP contribution in [0.2, 0.25) is 5.02 Å². The molecule has 0 aliphatic carbocycles. The minimum Gasteiger partial charge on any atom is -0.465 e. The van der Waals surface area contributed by atoms with Crippen molar-refractivity contribution in [1.82, 2.24) is 4.90 Å². The van der Waals surface area contributed by atoms with Crippen molar-refractivity contribution in [3.63, 3.8) is 0 Å². The predicted molar refractivity (Wildman–Crippen MR) is 91.0 cm³/mol. The first-order valence-corrected chi connectivity index (χ1v) is 7.82. The van der Waals surface area contributed by atoms with Gasteiger partial charge in [0.15, 0.2) is 0 Å². The van der Waals surface area contributed by atoms with E-state index in [1.807, 2.05) is 0 Å². The predicted octanol–water partition coefficient (Wildman–Crippen LogP) is 3.71. The minimum atomic E-state index is -5.08. The molecule has 0 fully saturated rings. The molecule has 0 saturated heterocycles. The Balaban J connectivity index is 2.27. The Morgan fingerprint density at radius 1 is 1.19 bits per heavy atom. The lowest BCUT2D eigenvalue weighted by atomic mass is 10.1. The van der Waals surface area contributed by atoms with E-state index < -0.39 is 17.8 Å². The third kappa shape index (κ3) is 2.90. The molecule has 136 valence electrons. The molecule has 2 aliphatic rings. The summed E-state index contributed by atoms with van der Waals surface area (Å²) in [5.74, 6) is -1.76. The maximum atomic E-state index is 13.8. The summed E-state index contributed by atoms with van der Waals surface area (Å²) < 4.78 is 45.9. The largest absolute Gasteiger partial charge is 0.465 e. The molecule has 9 heteroatoms. The fourth-order valence-electron chi connectivity index (χ4n) is 2.54. The molecule has 0 aromatic heterocycles. The van der Waals surface area contributed by atoms with Crippen LogP contribution < -0.4 is 0 Å². The summed E-state index contributed by atoms with van der Waals surface area (Å²) in [5, 5.41) is 0.416. The van der Waals surface area contributed by atoms with Crippen molar-refractivity contribution in [3.05, 3.63) is 58.8 Å². The van der Waals surface area contributed by atoms with Gasteiger partial charge in [-0.3, -0.25) is 4.90 Å². The standard InChI is InChI=1S/C17H13ClF3N3O2/c1-10-3-8-13-22-16(15(25)26-2,17(19,20)21)23-14(24(13)9-10)11-4-6-12(18)7-5-11/h3-9H,1-2H3. The van der Waals surface area contributed by atoms with Crippen LogP contribution in [0.5, 0.6) is 0 Å². The molecular formula is C17H13ClF3N3O2. The Morgan fingerprint density at radius 2 is 1.85 bits per heavy atom. The van der Waals surface area contributed by atoms with E-state index in [-0.39, 0.29) is 11.7 Å². The van der Waals surface area contributed by atoms with Crippen molar-refractivity contribution in [1.29, 1.82) is 0 Å². The highest BCUT2D eigenvalue weighted by Gasteiger charge is 2.64. The van der Waals surface area contributed by atoms with Gasteiger partial charge in [-0.05, 0) is 42.8 Å². The highest BCUT2D eigenvalue weighted by Crippen LogP contribution is 2.40. The highest BCUT2D eigenvalue weighted by molar-refractivity contribution is 6.30. The zero-order chi connectivity index (χ0) is 19.1. The van der Waals surface area contributed by atoms with Crippen LogP contribution in [0.25, 0.3) is 0 Å². The maximum absolute atomic E-state index is 13.8. The van der Waals surface area contributed by atoms with Crippen molar-refractivity contribution in [2.75, 3.05) is 7.11 Å². The molecule has 1 aromatic carbocycles. The molecule has 1 atom stereocenters. The summed E-state index contributed by atoms with van der Waals surface area (Å²) in [6.45, 7) is 1.78. The number of allylic oxidation sites excluding steroid dienone is 2. The van der Waals surface area contributed by atoms with Crippen LogP contribution in [0.4, 0.5) is 13.2 Å². The van der Waals surface area contributed by atoms with E-state index >= 15 is 0 Å². The number of fused-ring (bicyclic) bond motifs is 1. The van der Waals surface area contributed by atoms with Crippen LogP contribution >= 0.6 is 11.6 Å². The van der Waals surface area contributed by atoms with Crippen molar-refractivity contribution in [2.24, 2.45) is 9.98 Å². The van der Waals surface area contributed by atoms with Gasteiger partial charge in [0.1, 0.15) is 11.7 Å². The van der Waals surface area contributed by atoms with E-state index in [4.69, 9.17) is 11.6 Å². The molecular weight excluding hydrogens is 371 g/mol. The van der Waals surface area contributed by atoms with Gasteiger partial charge in [0.2, 0.25) is 0 Å². The third-order valence-corrected chi connectivity index (χ3v) is 4.07. The van der Waals surface area contributed by atoms with Gasteiger partial charge in [-0.2, -0.15) is 13.2 Å². The number of ether oxygens (including phenoxy) is 1. The second-order valence-corrected chi connectivity index (χ2v) is 6.09. The normalized spacial score (nSPS) is 22.2. The number of halogens is 4. The number of rotatable bonds is 2. The molecule has 2 heterocycles. The Morgan fingerprint density at radius 3 is 2.42 bits per heavy atom. The average Bonchev–Trinajstić information content (AvgIpc) is 2.60. The minimum absolute atomic E-state index is 0.0710. The SMILES string of the molecule is COC(=O)C1(C(F)(F)F)N=C2C=CC(C)=CN2C(c2ccc(Cl)cc2)=N1. The first-order chi connectivity index (χ1) is 12.2. The number of benzene rings is 1. The fraction of sp³-hybridized carbons (Fsp3) is 0.235. The molecule has 0 bridgehead atoms. The number of carbonyl (C=O) groups excluding carboxylic acids is 1. The van der Waals surface area contributed by atoms with Crippen LogP contribution in [0.15, 0.2) is 58.2 Å². The molecule has 1 aromatic rings. The van der Waals surface area contributed by atoms with Crippen LogP contribution in [-0.2, 0) is 9.53 Å².